The van der Waals surface area contributed by atoms with Gasteiger partial charge < -0.3 is 15.8 Å². The van der Waals surface area contributed by atoms with Gasteiger partial charge in [-0.2, -0.15) is 5.10 Å². The molecule has 0 radical (unpaired) electrons. The summed E-state index contributed by atoms with van der Waals surface area (Å²) in [5, 5.41) is 18.8. The van der Waals surface area contributed by atoms with Crippen LogP contribution in [0.25, 0.3) is 0 Å². The Labute approximate surface area is 218 Å². The first-order chi connectivity index (χ1) is 17.6. The lowest BCUT2D eigenvalue weighted by Gasteiger charge is -2.26. The average molecular weight is 506 g/mol. The monoisotopic (exact) mass is 505 g/mol. The number of rotatable bonds is 9. The number of carbonyl (C=O) groups is 1. The van der Waals surface area contributed by atoms with Gasteiger partial charge in [0.1, 0.15) is 5.82 Å². The van der Waals surface area contributed by atoms with Gasteiger partial charge in [-0.05, 0) is 67.1 Å². The molecular formula is C28H39N7O2. The van der Waals surface area contributed by atoms with E-state index < -0.39 is 5.97 Å². The smallest absolute Gasteiger partial charge is 0.304 e. The molecule has 1 aliphatic rings. The van der Waals surface area contributed by atoms with Gasteiger partial charge in [-0.15, -0.1) is 0 Å². The topological polar surface area (TPSA) is 137 Å². The number of benzene rings is 2. The number of hydrogen-bond acceptors (Lipinski definition) is 7. The van der Waals surface area contributed by atoms with Crippen molar-refractivity contribution in [1.82, 2.24) is 20.1 Å². The second-order valence-corrected chi connectivity index (χ2v) is 10.5. The van der Waals surface area contributed by atoms with E-state index in [9.17, 15) is 9.90 Å². The van der Waals surface area contributed by atoms with Gasteiger partial charge in [-0.25, -0.2) is 10.8 Å². The number of nitrogen functional groups attached to an aromatic ring is 1. The summed E-state index contributed by atoms with van der Waals surface area (Å²) in [6.07, 6.45) is 2.11. The number of nitrogens with two attached hydrogens (primary N) is 2. The fraction of sp³-hybridized carbons (Fsp3) is 0.464. The van der Waals surface area contributed by atoms with Gasteiger partial charge >= 0.3 is 5.97 Å². The van der Waals surface area contributed by atoms with E-state index in [0.717, 1.165) is 54.3 Å². The molecule has 2 heterocycles. The number of aryl methyl sites for hydroxylation is 1. The maximum absolute atomic E-state index is 11.9. The molecule has 2 aromatic carbocycles. The van der Waals surface area contributed by atoms with E-state index in [4.69, 9.17) is 16.6 Å². The highest BCUT2D eigenvalue weighted by Gasteiger charge is 2.30. The number of aromatic amines is 1. The van der Waals surface area contributed by atoms with E-state index in [1.54, 1.807) is 7.05 Å². The van der Waals surface area contributed by atoms with E-state index in [0.29, 0.717) is 11.4 Å². The molecule has 6 N–H and O–H groups in total. The van der Waals surface area contributed by atoms with E-state index in [2.05, 4.69) is 48.0 Å². The molecule has 4 rings (SSSR count). The quantitative estimate of drug-likeness (QED) is 0.191. The zero-order chi connectivity index (χ0) is 26.9. The van der Waals surface area contributed by atoms with E-state index in [1.165, 1.54) is 16.1 Å². The number of hydrogen-bond donors (Lipinski definition) is 4. The summed E-state index contributed by atoms with van der Waals surface area (Å²) in [4.78, 5) is 19.1. The van der Waals surface area contributed by atoms with E-state index in [1.807, 2.05) is 25.1 Å². The summed E-state index contributed by atoms with van der Waals surface area (Å²) < 4.78 is 0. The number of aliphatic carboxylic acids is 1. The normalized spacial score (nSPS) is 16.9. The summed E-state index contributed by atoms with van der Waals surface area (Å²) in [6, 6.07) is 10.3. The fourth-order valence-corrected chi connectivity index (χ4v) is 5.32. The Hall–Kier alpha value is -3.43. The molecule has 0 amide bonds. The fourth-order valence-electron chi connectivity index (χ4n) is 5.32. The number of hydrazine groups is 1. The van der Waals surface area contributed by atoms with Crippen molar-refractivity contribution in [2.75, 3.05) is 24.3 Å². The molecule has 0 saturated carbocycles. The number of nitrogens with one attached hydrogen (secondary N) is 1. The number of carboxylic acids is 1. The lowest BCUT2D eigenvalue weighted by Crippen LogP contribution is -2.26. The molecule has 0 spiro atoms. The molecule has 0 bridgehead atoms. The third kappa shape index (κ3) is 5.62. The molecule has 9 heteroatoms. The van der Waals surface area contributed by atoms with Crippen molar-refractivity contribution in [3.8, 4) is 0 Å². The van der Waals surface area contributed by atoms with Crippen LogP contribution in [0.4, 0.5) is 11.4 Å². The Bertz CT molecular complexity index is 1270. The first kappa shape index (κ1) is 26.6. The lowest BCUT2D eigenvalue weighted by molar-refractivity contribution is -0.137. The predicted octanol–water partition coefficient (Wildman–Crippen LogP) is 4.38. The summed E-state index contributed by atoms with van der Waals surface area (Å²) in [5.74, 6) is 6.80. The van der Waals surface area contributed by atoms with Crippen LogP contribution in [-0.2, 0) is 11.3 Å². The van der Waals surface area contributed by atoms with E-state index in [-0.39, 0.29) is 24.3 Å². The van der Waals surface area contributed by atoms with Crippen LogP contribution in [0.1, 0.15) is 90.5 Å². The molecule has 1 aliphatic heterocycles. The molecule has 2 unspecified atom stereocenters. The number of aromatic nitrogens is 3. The van der Waals surface area contributed by atoms with Gasteiger partial charge in [0.05, 0.1) is 23.8 Å². The maximum atomic E-state index is 11.9. The first-order valence-corrected chi connectivity index (χ1v) is 12.9. The average Bonchev–Trinajstić information content (AvgIpc) is 3.50. The second-order valence-electron chi connectivity index (χ2n) is 10.5. The van der Waals surface area contributed by atoms with Gasteiger partial charge in [0.15, 0.2) is 5.82 Å². The Morgan fingerprint density at radius 2 is 2.03 bits per heavy atom. The highest BCUT2D eigenvalue weighted by Crippen LogP contribution is 2.38. The van der Waals surface area contributed by atoms with Gasteiger partial charge in [0.25, 0.3) is 0 Å². The van der Waals surface area contributed by atoms with Gasteiger partial charge in [0, 0.05) is 25.4 Å². The second kappa shape index (κ2) is 10.9. The van der Waals surface area contributed by atoms with Crippen LogP contribution in [-0.4, -0.2) is 44.7 Å². The Balaban J connectivity index is 1.66. The molecule has 37 heavy (non-hydrogen) atoms. The molecule has 9 nitrogen and oxygen atoms in total. The van der Waals surface area contributed by atoms with Crippen molar-refractivity contribution >= 4 is 17.3 Å². The molecular weight excluding hydrogens is 466 g/mol. The van der Waals surface area contributed by atoms with Crippen LogP contribution < -0.4 is 16.6 Å². The van der Waals surface area contributed by atoms with Crippen LogP contribution in [0.5, 0.6) is 0 Å². The summed E-state index contributed by atoms with van der Waals surface area (Å²) >= 11 is 0. The van der Waals surface area contributed by atoms with Crippen molar-refractivity contribution in [3.63, 3.8) is 0 Å². The van der Waals surface area contributed by atoms with Crippen molar-refractivity contribution in [2.45, 2.75) is 71.4 Å². The summed E-state index contributed by atoms with van der Waals surface area (Å²) in [5.41, 5.74) is 12.8. The SMILES string of the molecule is Cc1ccc(C(CC(=O)O)c2ccc(N(C)N)c(N)c2C)cc1CN1CCCC1c1nc(C(C)C)n[nH]1. The van der Waals surface area contributed by atoms with Gasteiger partial charge in [-0.1, -0.05) is 38.1 Å². The third-order valence-electron chi connectivity index (χ3n) is 7.53. The maximum Gasteiger partial charge on any atom is 0.304 e. The van der Waals surface area contributed by atoms with Gasteiger partial charge in [-0.3, -0.25) is 14.8 Å². The predicted molar refractivity (Wildman–Crippen MR) is 146 cm³/mol. The lowest BCUT2D eigenvalue weighted by atomic mass is 9.84. The van der Waals surface area contributed by atoms with Crippen LogP contribution in [0.3, 0.4) is 0 Å². The summed E-state index contributed by atoms with van der Waals surface area (Å²) in [6.45, 7) is 9.97. The largest absolute Gasteiger partial charge is 0.481 e. The van der Waals surface area contributed by atoms with Crippen LogP contribution in [0, 0.1) is 13.8 Å². The number of likely N-dealkylation sites (tertiary alicyclic amines) is 1. The van der Waals surface area contributed by atoms with Crippen LogP contribution in [0.2, 0.25) is 0 Å². The minimum atomic E-state index is -0.851. The van der Waals surface area contributed by atoms with Crippen LogP contribution >= 0.6 is 0 Å². The number of H-pyrrole nitrogens is 1. The number of nitrogens with zero attached hydrogens (tertiary/aromatic N) is 4. The summed E-state index contributed by atoms with van der Waals surface area (Å²) in [7, 11) is 1.74. The van der Waals surface area contributed by atoms with Crippen molar-refractivity contribution in [2.24, 2.45) is 5.84 Å². The molecule has 2 atom stereocenters. The Morgan fingerprint density at radius 1 is 1.27 bits per heavy atom. The number of carboxylic acid groups (broad SMARTS) is 1. The van der Waals surface area contributed by atoms with Gasteiger partial charge in [0.2, 0.25) is 0 Å². The first-order valence-electron chi connectivity index (χ1n) is 12.9. The van der Waals surface area contributed by atoms with Crippen molar-refractivity contribution in [1.29, 1.82) is 0 Å². The third-order valence-corrected chi connectivity index (χ3v) is 7.53. The van der Waals surface area contributed by atoms with Crippen molar-refractivity contribution < 1.29 is 9.90 Å². The molecule has 1 saturated heterocycles. The molecule has 1 aromatic heterocycles. The minimum Gasteiger partial charge on any atom is -0.481 e. The number of anilines is 2. The highest BCUT2D eigenvalue weighted by atomic mass is 16.4. The molecule has 3 aromatic rings. The Kier molecular flexibility index (Phi) is 7.85. The zero-order valence-electron chi connectivity index (χ0n) is 22.5. The molecule has 1 fully saturated rings. The Morgan fingerprint density at radius 3 is 2.68 bits per heavy atom. The van der Waals surface area contributed by atoms with Crippen LogP contribution in [0.15, 0.2) is 30.3 Å². The highest BCUT2D eigenvalue weighted by molar-refractivity contribution is 5.74. The van der Waals surface area contributed by atoms with Crippen molar-refractivity contribution in [3.05, 3.63) is 69.8 Å². The minimum absolute atomic E-state index is 0.0248. The molecule has 198 valence electrons. The standard InChI is InChI=1S/C28H39N7O2/c1-16(2)27-31-28(33-32-27)24-7-6-12-35(24)15-20-13-19(9-8-17(20)3)22(14-25(36)37)21-10-11-23(34(5)30)26(29)18(21)4/h8-11,13,16,22,24H,6-7,12,14-15,29-30H2,1-5H3,(H,36,37)(H,31,32,33). The molecule has 0 aliphatic carbocycles. The zero-order valence-corrected chi connectivity index (χ0v) is 22.5. The van der Waals surface area contributed by atoms with E-state index >= 15 is 0 Å².